The van der Waals surface area contributed by atoms with Crippen LogP contribution in [0.3, 0.4) is 0 Å². The lowest BCUT2D eigenvalue weighted by molar-refractivity contribution is 0.628. The molecule has 114 valence electrons. The predicted molar refractivity (Wildman–Crippen MR) is 89.4 cm³/mol. The molecule has 0 N–H and O–H groups in total. The normalized spacial score (nSPS) is 11.0. The van der Waals surface area contributed by atoms with Crippen molar-refractivity contribution in [2.45, 2.75) is 6.54 Å². The quantitative estimate of drug-likeness (QED) is 0.735. The van der Waals surface area contributed by atoms with Gasteiger partial charge in [0.1, 0.15) is 5.82 Å². The van der Waals surface area contributed by atoms with Crippen LogP contribution in [0, 0.1) is 5.82 Å². The first kappa shape index (κ1) is 14.9. The van der Waals surface area contributed by atoms with E-state index in [-0.39, 0.29) is 11.4 Å². The van der Waals surface area contributed by atoms with E-state index in [1.807, 2.05) is 30.4 Å². The standard InChI is InChI=1S/C19H15FN2O/c20-17-9-6-15(7-10-17)16-8-11-18(21-14-16)4-3-13-22-12-2-1-5-19(22)23/h1-12,14H,13H2. The molecule has 0 radical (unpaired) electrons. The maximum absolute atomic E-state index is 12.9. The molecule has 0 saturated heterocycles. The van der Waals surface area contributed by atoms with E-state index in [4.69, 9.17) is 0 Å². The molecule has 0 spiro atoms. The van der Waals surface area contributed by atoms with Crippen LogP contribution in [0.15, 0.2) is 77.9 Å². The van der Waals surface area contributed by atoms with Crippen LogP contribution in [0.1, 0.15) is 5.69 Å². The van der Waals surface area contributed by atoms with Gasteiger partial charge in [-0.25, -0.2) is 4.39 Å². The Morgan fingerprint density at radius 1 is 1.00 bits per heavy atom. The van der Waals surface area contributed by atoms with Crippen molar-refractivity contribution in [2.24, 2.45) is 0 Å². The van der Waals surface area contributed by atoms with Crippen molar-refractivity contribution in [2.75, 3.05) is 0 Å². The van der Waals surface area contributed by atoms with Crippen molar-refractivity contribution in [3.63, 3.8) is 0 Å². The predicted octanol–water partition coefficient (Wildman–Crippen LogP) is 3.76. The summed E-state index contributed by atoms with van der Waals surface area (Å²) in [6.07, 6.45) is 7.26. The zero-order valence-corrected chi connectivity index (χ0v) is 12.4. The molecular weight excluding hydrogens is 291 g/mol. The summed E-state index contributed by atoms with van der Waals surface area (Å²) < 4.78 is 14.5. The van der Waals surface area contributed by atoms with Crippen molar-refractivity contribution in [3.05, 3.63) is 94.9 Å². The Kier molecular flexibility index (Phi) is 4.43. The van der Waals surface area contributed by atoms with E-state index >= 15 is 0 Å². The summed E-state index contributed by atoms with van der Waals surface area (Å²) in [6.45, 7) is 0.501. The molecule has 4 heteroatoms. The molecule has 2 heterocycles. The molecule has 0 bridgehead atoms. The number of halogens is 1. The van der Waals surface area contributed by atoms with E-state index < -0.39 is 0 Å². The smallest absolute Gasteiger partial charge is 0.250 e. The molecule has 0 amide bonds. The third kappa shape index (κ3) is 3.80. The fraction of sp³-hybridized carbons (Fsp3) is 0.0526. The zero-order valence-electron chi connectivity index (χ0n) is 12.4. The average Bonchev–Trinajstić information content (AvgIpc) is 2.58. The molecule has 2 aromatic heterocycles. The van der Waals surface area contributed by atoms with Gasteiger partial charge in [0.25, 0.3) is 5.56 Å². The third-order valence-electron chi connectivity index (χ3n) is 3.45. The Bertz CT molecular complexity index is 865. The van der Waals surface area contributed by atoms with Gasteiger partial charge in [-0.05, 0) is 35.9 Å². The van der Waals surface area contributed by atoms with Crippen LogP contribution in [0.5, 0.6) is 0 Å². The van der Waals surface area contributed by atoms with Gasteiger partial charge in [0.15, 0.2) is 0 Å². The second-order valence-electron chi connectivity index (χ2n) is 5.07. The van der Waals surface area contributed by atoms with E-state index in [0.717, 1.165) is 16.8 Å². The van der Waals surface area contributed by atoms with Gasteiger partial charge in [-0.1, -0.05) is 30.3 Å². The summed E-state index contributed by atoms with van der Waals surface area (Å²) in [5, 5.41) is 0. The fourth-order valence-electron chi connectivity index (χ4n) is 2.22. The van der Waals surface area contributed by atoms with Gasteiger partial charge >= 0.3 is 0 Å². The summed E-state index contributed by atoms with van der Waals surface area (Å²) in [5.74, 6) is -0.252. The zero-order chi connectivity index (χ0) is 16.1. The van der Waals surface area contributed by atoms with Crippen LogP contribution in [0.2, 0.25) is 0 Å². The minimum absolute atomic E-state index is 0.0308. The number of nitrogens with zero attached hydrogens (tertiary/aromatic N) is 2. The first-order chi connectivity index (χ1) is 11.2. The number of hydrogen-bond donors (Lipinski definition) is 0. The number of rotatable bonds is 4. The van der Waals surface area contributed by atoms with Crippen LogP contribution in [0.4, 0.5) is 4.39 Å². The monoisotopic (exact) mass is 306 g/mol. The highest BCUT2D eigenvalue weighted by atomic mass is 19.1. The molecule has 0 aliphatic heterocycles. The van der Waals surface area contributed by atoms with Crippen molar-refractivity contribution in [1.82, 2.24) is 9.55 Å². The second-order valence-corrected chi connectivity index (χ2v) is 5.07. The van der Waals surface area contributed by atoms with E-state index in [2.05, 4.69) is 4.98 Å². The highest BCUT2D eigenvalue weighted by Gasteiger charge is 1.98. The minimum Gasteiger partial charge on any atom is -0.312 e. The van der Waals surface area contributed by atoms with E-state index in [1.54, 1.807) is 35.2 Å². The Morgan fingerprint density at radius 3 is 2.48 bits per heavy atom. The van der Waals surface area contributed by atoms with Crippen LogP contribution in [-0.4, -0.2) is 9.55 Å². The van der Waals surface area contributed by atoms with Gasteiger partial charge in [-0.3, -0.25) is 9.78 Å². The molecular formula is C19H15FN2O. The van der Waals surface area contributed by atoms with Crippen LogP contribution in [0.25, 0.3) is 17.2 Å². The molecule has 0 unspecified atom stereocenters. The molecule has 23 heavy (non-hydrogen) atoms. The Labute approximate surface area is 133 Å². The molecule has 3 rings (SSSR count). The lowest BCUT2D eigenvalue weighted by atomic mass is 10.1. The SMILES string of the molecule is O=c1ccccn1CC=Cc1ccc(-c2ccc(F)cc2)cn1. The number of aromatic nitrogens is 2. The van der Waals surface area contributed by atoms with Gasteiger partial charge in [-0.2, -0.15) is 0 Å². The van der Waals surface area contributed by atoms with Crippen molar-refractivity contribution < 1.29 is 4.39 Å². The van der Waals surface area contributed by atoms with Gasteiger partial charge in [-0.15, -0.1) is 0 Å². The Morgan fingerprint density at radius 2 is 1.78 bits per heavy atom. The van der Waals surface area contributed by atoms with Crippen LogP contribution >= 0.6 is 0 Å². The summed E-state index contributed by atoms with van der Waals surface area (Å²) in [6, 6.07) is 15.2. The summed E-state index contributed by atoms with van der Waals surface area (Å²) in [5.41, 5.74) is 2.63. The van der Waals surface area contributed by atoms with Gasteiger partial charge < -0.3 is 4.57 Å². The lowest BCUT2D eigenvalue weighted by Crippen LogP contribution is -2.16. The van der Waals surface area contributed by atoms with Gasteiger partial charge in [0, 0.05) is 30.6 Å². The minimum atomic E-state index is -0.252. The number of pyridine rings is 2. The lowest BCUT2D eigenvalue weighted by Gasteiger charge is -2.02. The first-order valence-electron chi connectivity index (χ1n) is 7.26. The van der Waals surface area contributed by atoms with E-state index in [1.165, 1.54) is 18.2 Å². The number of benzene rings is 1. The topological polar surface area (TPSA) is 34.9 Å². The van der Waals surface area contributed by atoms with Gasteiger partial charge in [0.2, 0.25) is 0 Å². The fourth-order valence-corrected chi connectivity index (χ4v) is 2.22. The van der Waals surface area contributed by atoms with Crippen molar-refractivity contribution in [3.8, 4) is 11.1 Å². The first-order valence-corrected chi connectivity index (χ1v) is 7.26. The molecule has 0 aliphatic carbocycles. The molecule has 0 aliphatic rings. The molecule has 0 fully saturated rings. The average molecular weight is 306 g/mol. The van der Waals surface area contributed by atoms with E-state index in [0.29, 0.717) is 6.54 Å². The number of allylic oxidation sites excluding steroid dienone is 1. The largest absolute Gasteiger partial charge is 0.312 e. The van der Waals surface area contributed by atoms with Crippen LogP contribution < -0.4 is 5.56 Å². The number of hydrogen-bond acceptors (Lipinski definition) is 2. The van der Waals surface area contributed by atoms with Crippen molar-refractivity contribution >= 4 is 6.08 Å². The Hall–Kier alpha value is -3.01. The second kappa shape index (κ2) is 6.83. The maximum atomic E-state index is 12.9. The Balaban J connectivity index is 1.70. The highest BCUT2D eigenvalue weighted by Crippen LogP contribution is 2.19. The summed E-state index contributed by atoms with van der Waals surface area (Å²) in [7, 11) is 0. The highest BCUT2D eigenvalue weighted by molar-refractivity contribution is 5.63. The third-order valence-corrected chi connectivity index (χ3v) is 3.45. The molecule has 3 nitrogen and oxygen atoms in total. The van der Waals surface area contributed by atoms with Crippen molar-refractivity contribution in [1.29, 1.82) is 0 Å². The molecule has 0 saturated carbocycles. The maximum Gasteiger partial charge on any atom is 0.250 e. The molecule has 1 aromatic carbocycles. The molecule has 3 aromatic rings. The summed E-state index contributed by atoms with van der Waals surface area (Å²) >= 11 is 0. The van der Waals surface area contributed by atoms with Crippen LogP contribution in [-0.2, 0) is 6.54 Å². The summed E-state index contributed by atoms with van der Waals surface area (Å²) in [4.78, 5) is 15.9. The van der Waals surface area contributed by atoms with Gasteiger partial charge in [0.05, 0.1) is 5.69 Å². The molecule has 0 atom stereocenters. The van der Waals surface area contributed by atoms with E-state index in [9.17, 15) is 9.18 Å².